The van der Waals surface area contributed by atoms with Crippen molar-refractivity contribution >= 4 is 17.7 Å². The number of aliphatic carboxylic acids is 1. The quantitative estimate of drug-likeness (QED) is 0.758. The highest BCUT2D eigenvalue weighted by Crippen LogP contribution is 2.35. The Labute approximate surface area is 82.8 Å². The molecule has 0 saturated carbocycles. The van der Waals surface area contributed by atoms with Gasteiger partial charge in [-0.15, -0.1) is 0 Å². The van der Waals surface area contributed by atoms with Crippen molar-refractivity contribution in [1.29, 1.82) is 0 Å². The normalized spacial score (nSPS) is 28.2. The zero-order chi connectivity index (χ0) is 9.90. The van der Waals surface area contributed by atoms with E-state index in [1.807, 2.05) is 13.8 Å². The third-order valence-corrected chi connectivity index (χ3v) is 3.25. The van der Waals surface area contributed by atoms with Crippen LogP contribution >= 0.6 is 11.8 Å². The van der Waals surface area contributed by atoms with Crippen LogP contribution in [0.1, 0.15) is 26.7 Å². The van der Waals surface area contributed by atoms with Gasteiger partial charge in [-0.1, -0.05) is 0 Å². The van der Waals surface area contributed by atoms with Gasteiger partial charge in [0.25, 0.3) is 0 Å². The maximum absolute atomic E-state index is 10.7. The van der Waals surface area contributed by atoms with Gasteiger partial charge in [0.1, 0.15) is 0 Å². The largest absolute Gasteiger partial charge is 0.481 e. The van der Waals surface area contributed by atoms with Gasteiger partial charge in [0.15, 0.2) is 0 Å². The molecule has 0 aliphatic carbocycles. The van der Waals surface area contributed by atoms with E-state index in [2.05, 4.69) is 0 Å². The molecule has 3 nitrogen and oxygen atoms in total. The number of carbonyl (C=O) groups is 1. The van der Waals surface area contributed by atoms with Gasteiger partial charge < -0.3 is 9.84 Å². The Hall–Kier alpha value is -0.220. The minimum absolute atomic E-state index is 0.109. The Morgan fingerprint density at radius 1 is 1.69 bits per heavy atom. The lowest BCUT2D eigenvalue weighted by Crippen LogP contribution is -2.37. The summed E-state index contributed by atoms with van der Waals surface area (Å²) in [6.07, 6.45) is 1.11. The van der Waals surface area contributed by atoms with E-state index in [4.69, 9.17) is 9.84 Å². The standard InChI is InChI=1S/C9H16O3S/c1-7(2)12-9(5-8(10)11)3-4-13-6-9/h7H,3-6H2,1-2H3,(H,10,11). The predicted molar refractivity (Wildman–Crippen MR) is 53.1 cm³/mol. The molecule has 1 N–H and O–H groups in total. The van der Waals surface area contributed by atoms with Gasteiger partial charge in [-0.2, -0.15) is 11.8 Å². The fraction of sp³-hybridized carbons (Fsp3) is 0.889. The van der Waals surface area contributed by atoms with E-state index in [-0.39, 0.29) is 12.5 Å². The zero-order valence-corrected chi connectivity index (χ0v) is 8.89. The third-order valence-electron chi connectivity index (χ3n) is 2.03. The van der Waals surface area contributed by atoms with E-state index in [1.54, 1.807) is 11.8 Å². The zero-order valence-electron chi connectivity index (χ0n) is 8.08. The molecule has 76 valence electrons. The molecule has 1 fully saturated rings. The SMILES string of the molecule is CC(C)OC1(CC(=O)O)CCSC1. The van der Waals surface area contributed by atoms with E-state index in [9.17, 15) is 4.79 Å². The first-order valence-electron chi connectivity index (χ1n) is 4.51. The Kier molecular flexibility index (Phi) is 3.62. The summed E-state index contributed by atoms with van der Waals surface area (Å²) in [6.45, 7) is 3.90. The average molecular weight is 204 g/mol. The van der Waals surface area contributed by atoms with Crippen LogP contribution in [0.25, 0.3) is 0 Å². The predicted octanol–water partition coefficient (Wildman–Crippen LogP) is 1.76. The van der Waals surface area contributed by atoms with Crippen LogP contribution in [-0.2, 0) is 9.53 Å². The lowest BCUT2D eigenvalue weighted by Gasteiger charge is -2.29. The van der Waals surface area contributed by atoms with Crippen LogP contribution in [0.2, 0.25) is 0 Å². The highest BCUT2D eigenvalue weighted by atomic mass is 32.2. The van der Waals surface area contributed by atoms with E-state index in [0.29, 0.717) is 0 Å². The molecule has 0 radical (unpaired) electrons. The topological polar surface area (TPSA) is 46.5 Å². The molecule has 4 heteroatoms. The number of rotatable bonds is 4. The monoisotopic (exact) mass is 204 g/mol. The van der Waals surface area contributed by atoms with Crippen molar-refractivity contribution < 1.29 is 14.6 Å². The smallest absolute Gasteiger partial charge is 0.306 e. The minimum Gasteiger partial charge on any atom is -0.481 e. The molecule has 1 saturated heterocycles. The van der Waals surface area contributed by atoms with Crippen molar-refractivity contribution in [2.75, 3.05) is 11.5 Å². The fourth-order valence-corrected chi connectivity index (χ4v) is 2.99. The van der Waals surface area contributed by atoms with E-state index in [0.717, 1.165) is 17.9 Å². The maximum atomic E-state index is 10.7. The molecule has 1 rings (SSSR count). The molecule has 0 aromatic heterocycles. The van der Waals surface area contributed by atoms with Crippen molar-refractivity contribution in [2.45, 2.75) is 38.4 Å². The molecule has 0 aromatic rings. The Balaban J connectivity index is 2.57. The van der Waals surface area contributed by atoms with Crippen LogP contribution < -0.4 is 0 Å². The first-order chi connectivity index (χ1) is 6.04. The third kappa shape index (κ3) is 3.19. The Bertz CT molecular complexity index is 185. The van der Waals surface area contributed by atoms with E-state index < -0.39 is 11.6 Å². The summed E-state index contributed by atoms with van der Waals surface area (Å²) in [4.78, 5) is 10.7. The fourth-order valence-electron chi connectivity index (χ4n) is 1.64. The van der Waals surface area contributed by atoms with Gasteiger partial charge in [0.2, 0.25) is 0 Å². The second-order valence-electron chi connectivity index (χ2n) is 3.72. The van der Waals surface area contributed by atoms with Gasteiger partial charge in [-0.05, 0) is 26.0 Å². The van der Waals surface area contributed by atoms with Crippen molar-refractivity contribution in [3.63, 3.8) is 0 Å². The van der Waals surface area contributed by atoms with Gasteiger partial charge in [0, 0.05) is 5.75 Å². The summed E-state index contributed by atoms with van der Waals surface area (Å²) in [7, 11) is 0. The number of hydrogen-bond donors (Lipinski definition) is 1. The lowest BCUT2D eigenvalue weighted by atomic mass is 9.98. The molecule has 1 unspecified atom stereocenters. The first kappa shape index (κ1) is 10.9. The molecule has 0 spiro atoms. The molecule has 0 bridgehead atoms. The average Bonchev–Trinajstić information content (AvgIpc) is 2.33. The molecule has 1 atom stereocenters. The van der Waals surface area contributed by atoms with Crippen LogP contribution in [0.3, 0.4) is 0 Å². The molecule has 1 aliphatic heterocycles. The number of carboxylic acid groups (broad SMARTS) is 1. The highest BCUT2D eigenvalue weighted by molar-refractivity contribution is 7.99. The molecule has 0 amide bonds. The summed E-state index contributed by atoms with van der Waals surface area (Å²) in [5, 5.41) is 8.76. The Morgan fingerprint density at radius 2 is 2.38 bits per heavy atom. The van der Waals surface area contributed by atoms with E-state index in [1.165, 1.54) is 0 Å². The molecular weight excluding hydrogens is 188 g/mol. The van der Waals surface area contributed by atoms with Crippen molar-refractivity contribution in [3.8, 4) is 0 Å². The number of thioether (sulfide) groups is 1. The van der Waals surface area contributed by atoms with E-state index >= 15 is 0 Å². The van der Waals surface area contributed by atoms with Gasteiger partial charge in [0.05, 0.1) is 18.1 Å². The summed E-state index contributed by atoms with van der Waals surface area (Å²) < 4.78 is 5.71. The van der Waals surface area contributed by atoms with Gasteiger partial charge in [-0.25, -0.2) is 0 Å². The molecule has 1 aliphatic rings. The minimum atomic E-state index is -0.761. The summed E-state index contributed by atoms with van der Waals surface area (Å²) in [5.74, 6) is 1.07. The second-order valence-corrected chi connectivity index (χ2v) is 4.83. The lowest BCUT2D eigenvalue weighted by molar-refractivity contribution is -0.146. The Morgan fingerprint density at radius 3 is 2.77 bits per heavy atom. The summed E-state index contributed by atoms with van der Waals surface area (Å²) >= 11 is 1.78. The van der Waals surface area contributed by atoms with Crippen LogP contribution in [-0.4, -0.2) is 34.3 Å². The molecule has 0 aromatic carbocycles. The van der Waals surface area contributed by atoms with Crippen LogP contribution in [0.4, 0.5) is 0 Å². The van der Waals surface area contributed by atoms with Crippen molar-refractivity contribution in [2.24, 2.45) is 0 Å². The summed E-state index contributed by atoms with van der Waals surface area (Å²) in [6, 6.07) is 0. The van der Waals surface area contributed by atoms with Crippen LogP contribution in [0, 0.1) is 0 Å². The van der Waals surface area contributed by atoms with Crippen LogP contribution in [0.15, 0.2) is 0 Å². The number of hydrogen-bond acceptors (Lipinski definition) is 3. The van der Waals surface area contributed by atoms with Crippen molar-refractivity contribution in [1.82, 2.24) is 0 Å². The molecular formula is C9H16O3S. The number of ether oxygens (including phenoxy) is 1. The first-order valence-corrected chi connectivity index (χ1v) is 5.67. The number of carboxylic acids is 1. The summed E-state index contributed by atoms with van der Waals surface area (Å²) in [5.41, 5.74) is -0.398. The van der Waals surface area contributed by atoms with Gasteiger partial charge >= 0.3 is 5.97 Å². The highest BCUT2D eigenvalue weighted by Gasteiger charge is 2.38. The molecule has 1 heterocycles. The second kappa shape index (κ2) is 4.33. The maximum Gasteiger partial charge on any atom is 0.306 e. The van der Waals surface area contributed by atoms with Crippen LogP contribution in [0.5, 0.6) is 0 Å². The molecule has 13 heavy (non-hydrogen) atoms. The van der Waals surface area contributed by atoms with Gasteiger partial charge in [-0.3, -0.25) is 4.79 Å². The van der Waals surface area contributed by atoms with Crippen molar-refractivity contribution in [3.05, 3.63) is 0 Å².